The van der Waals surface area contributed by atoms with Gasteiger partial charge in [0.1, 0.15) is 5.37 Å². The second-order valence-electron chi connectivity index (χ2n) is 6.19. The van der Waals surface area contributed by atoms with Crippen molar-refractivity contribution >= 4 is 29.4 Å². The number of nitrogens with zero attached hydrogens (tertiary/aromatic N) is 1. The van der Waals surface area contributed by atoms with Gasteiger partial charge in [-0.1, -0.05) is 96.7 Å². The van der Waals surface area contributed by atoms with Gasteiger partial charge in [0.25, 0.3) is 0 Å². The normalized spacial score (nSPS) is 16.0. The van der Waals surface area contributed by atoms with Crippen LogP contribution in [0.25, 0.3) is 17.2 Å². The first kappa shape index (κ1) is 16.7. The van der Waals surface area contributed by atoms with Crippen LogP contribution in [0.2, 0.25) is 0 Å². The zero-order valence-electron chi connectivity index (χ0n) is 14.5. The van der Waals surface area contributed by atoms with Crippen molar-refractivity contribution < 1.29 is 4.79 Å². The Morgan fingerprint density at radius 3 is 2.31 bits per heavy atom. The van der Waals surface area contributed by atoms with E-state index in [9.17, 15) is 4.79 Å². The van der Waals surface area contributed by atoms with Crippen molar-refractivity contribution in [1.29, 1.82) is 0 Å². The second-order valence-corrected chi connectivity index (χ2v) is 7.34. The Morgan fingerprint density at radius 2 is 1.62 bits per heavy atom. The smallest absolute Gasteiger partial charge is 0.225 e. The monoisotopic (exact) mass is 357 g/mol. The van der Waals surface area contributed by atoms with E-state index < -0.39 is 0 Å². The van der Waals surface area contributed by atoms with E-state index in [1.165, 1.54) is 0 Å². The number of carbonyl (C=O) groups is 1. The number of amides is 1. The van der Waals surface area contributed by atoms with Crippen LogP contribution in [0.4, 0.5) is 5.69 Å². The average Bonchev–Trinajstić information content (AvgIpc) is 3.06. The van der Waals surface area contributed by atoms with Gasteiger partial charge >= 0.3 is 0 Å². The van der Waals surface area contributed by atoms with Gasteiger partial charge in [-0.05, 0) is 17.2 Å². The SMILES string of the molecule is CC(=O)N1c2c(cccc2-c2ccccc2)SC1C=Cc1ccccc1. The van der Waals surface area contributed by atoms with Crippen molar-refractivity contribution in [3.8, 4) is 11.1 Å². The molecule has 0 fully saturated rings. The number of fused-ring (bicyclic) bond motifs is 1. The van der Waals surface area contributed by atoms with Gasteiger partial charge in [0.15, 0.2) is 0 Å². The van der Waals surface area contributed by atoms with Gasteiger partial charge in [-0.25, -0.2) is 0 Å². The molecule has 4 rings (SSSR count). The Labute approximate surface area is 158 Å². The van der Waals surface area contributed by atoms with Crippen molar-refractivity contribution in [3.05, 3.63) is 90.5 Å². The van der Waals surface area contributed by atoms with E-state index in [1.807, 2.05) is 41.3 Å². The van der Waals surface area contributed by atoms with Crippen LogP contribution < -0.4 is 4.90 Å². The fraction of sp³-hybridized carbons (Fsp3) is 0.0870. The number of carbonyl (C=O) groups excluding carboxylic acids is 1. The maximum atomic E-state index is 12.5. The lowest BCUT2D eigenvalue weighted by molar-refractivity contribution is -0.116. The Kier molecular flexibility index (Phi) is 4.63. The third kappa shape index (κ3) is 3.18. The molecule has 1 atom stereocenters. The minimum atomic E-state index is -0.0347. The highest BCUT2D eigenvalue weighted by molar-refractivity contribution is 8.00. The summed E-state index contributed by atoms with van der Waals surface area (Å²) in [6, 6.07) is 26.7. The van der Waals surface area contributed by atoms with Crippen molar-refractivity contribution in [2.45, 2.75) is 17.2 Å². The molecule has 0 bridgehead atoms. The van der Waals surface area contributed by atoms with Crippen LogP contribution >= 0.6 is 11.8 Å². The van der Waals surface area contributed by atoms with Gasteiger partial charge < -0.3 is 0 Å². The molecule has 1 aliphatic rings. The molecule has 1 aliphatic heterocycles. The van der Waals surface area contributed by atoms with Gasteiger partial charge in [0, 0.05) is 17.4 Å². The minimum absolute atomic E-state index is 0.0347. The number of anilines is 1. The van der Waals surface area contributed by atoms with Crippen molar-refractivity contribution in [2.75, 3.05) is 4.90 Å². The summed E-state index contributed by atoms with van der Waals surface area (Å²) in [5.41, 5.74) is 4.38. The van der Waals surface area contributed by atoms with Crippen LogP contribution in [-0.2, 0) is 4.79 Å². The van der Waals surface area contributed by atoms with Crippen LogP contribution in [0.15, 0.2) is 89.8 Å². The molecule has 128 valence electrons. The van der Waals surface area contributed by atoms with Crippen LogP contribution in [0.3, 0.4) is 0 Å². The fourth-order valence-electron chi connectivity index (χ4n) is 3.25. The summed E-state index contributed by atoms with van der Waals surface area (Å²) in [5.74, 6) is 0.0577. The molecule has 1 heterocycles. The van der Waals surface area contributed by atoms with Gasteiger partial charge in [0.2, 0.25) is 5.91 Å². The molecule has 1 amide bonds. The number of benzene rings is 3. The summed E-state index contributed by atoms with van der Waals surface area (Å²) < 4.78 is 0. The van der Waals surface area contributed by atoms with Gasteiger partial charge in [-0.3, -0.25) is 9.69 Å². The zero-order chi connectivity index (χ0) is 17.9. The van der Waals surface area contributed by atoms with Crippen LogP contribution in [-0.4, -0.2) is 11.3 Å². The molecular weight excluding hydrogens is 338 g/mol. The highest BCUT2D eigenvalue weighted by Crippen LogP contribution is 2.49. The molecule has 0 saturated heterocycles. The molecular formula is C23H19NOS. The van der Waals surface area contributed by atoms with Crippen LogP contribution in [0.1, 0.15) is 12.5 Å². The Hall–Kier alpha value is -2.78. The van der Waals surface area contributed by atoms with E-state index in [4.69, 9.17) is 0 Å². The van der Waals surface area contributed by atoms with Crippen molar-refractivity contribution in [1.82, 2.24) is 0 Å². The standard InChI is InChI=1S/C23H19NOS/c1-17(25)24-22(16-15-18-9-4-2-5-10-18)26-21-14-8-13-20(23(21)24)19-11-6-3-7-12-19/h2-16,22H,1H3. The highest BCUT2D eigenvalue weighted by atomic mass is 32.2. The lowest BCUT2D eigenvalue weighted by Gasteiger charge is -2.23. The summed E-state index contributed by atoms with van der Waals surface area (Å²) in [6.07, 6.45) is 4.19. The average molecular weight is 357 g/mol. The molecule has 3 aromatic rings. The molecule has 0 saturated carbocycles. The van der Waals surface area contributed by atoms with Gasteiger partial charge in [-0.15, -0.1) is 0 Å². The molecule has 3 aromatic carbocycles. The number of rotatable bonds is 3. The Balaban J connectivity index is 1.74. The van der Waals surface area contributed by atoms with Gasteiger partial charge in [-0.2, -0.15) is 0 Å². The summed E-state index contributed by atoms with van der Waals surface area (Å²) >= 11 is 1.72. The number of para-hydroxylation sites is 1. The van der Waals surface area contributed by atoms with E-state index >= 15 is 0 Å². The first-order chi connectivity index (χ1) is 12.7. The molecule has 3 heteroatoms. The van der Waals surface area contributed by atoms with Crippen LogP contribution in [0, 0.1) is 0 Å². The third-order valence-electron chi connectivity index (χ3n) is 4.42. The molecule has 0 radical (unpaired) electrons. The molecule has 0 aliphatic carbocycles. The van der Waals surface area contributed by atoms with Gasteiger partial charge in [0.05, 0.1) is 5.69 Å². The summed E-state index contributed by atoms with van der Waals surface area (Å²) in [7, 11) is 0. The van der Waals surface area contributed by atoms with Crippen molar-refractivity contribution in [2.24, 2.45) is 0 Å². The Bertz CT molecular complexity index is 950. The maximum absolute atomic E-state index is 12.5. The van der Waals surface area contributed by atoms with E-state index in [-0.39, 0.29) is 11.3 Å². The fourth-order valence-corrected chi connectivity index (χ4v) is 4.50. The number of thioether (sulfide) groups is 1. The van der Waals surface area contributed by atoms with E-state index in [0.29, 0.717) is 0 Å². The summed E-state index contributed by atoms with van der Waals surface area (Å²) in [4.78, 5) is 15.5. The first-order valence-electron chi connectivity index (χ1n) is 8.62. The second kappa shape index (κ2) is 7.22. The largest absolute Gasteiger partial charge is 0.295 e. The quantitative estimate of drug-likeness (QED) is 0.586. The van der Waals surface area contributed by atoms with Crippen LogP contribution in [0.5, 0.6) is 0 Å². The molecule has 1 unspecified atom stereocenters. The topological polar surface area (TPSA) is 20.3 Å². The third-order valence-corrected chi connectivity index (χ3v) is 5.61. The van der Waals surface area contributed by atoms with E-state index in [2.05, 4.69) is 54.6 Å². The molecule has 0 spiro atoms. The lowest BCUT2D eigenvalue weighted by atomic mass is 10.0. The Morgan fingerprint density at radius 1 is 0.923 bits per heavy atom. The van der Waals surface area contributed by atoms with E-state index in [1.54, 1.807) is 18.7 Å². The molecule has 0 N–H and O–H groups in total. The molecule has 0 aromatic heterocycles. The predicted molar refractivity (Wildman–Crippen MR) is 110 cm³/mol. The number of hydrogen-bond donors (Lipinski definition) is 0. The minimum Gasteiger partial charge on any atom is -0.295 e. The zero-order valence-corrected chi connectivity index (χ0v) is 15.3. The maximum Gasteiger partial charge on any atom is 0.225 e. The highest BCUT2D eigenvalue weighted by Gasteiger charge is 2.33. The predicted octanol–water partition coefficient (Wildman–Crippen LogP) is 5.85. The van der Waals surface area contributed by atoms with E-state index in [0.717, 1.165) is 27.3 Å². The summed E-state index contributed by atoms with van der Waals surface area (Å²) in [5, 5.41) is -0.0347. The molecule has 26 heavy (non-hydrogen) atoms. The summed E-state index contributed by atoms with van der Waals surface area (Å²) in [6.45, 7) is 1.64. The lowest BCUT2D eigenvalue weighted by Crippen LogP contribution is -2.32. The number of hydrogen-bond acceptors (Lipinski definition) is 2. The van der Waals surface area contributed by atoms with Crippen molar-refractivity contribution in [3.63, 3.8) is 0 Å². The first-order valence-corrected chi connectivity index (χ1v) is 9.50. The molecule has 2 nitrogen and oxygen atoms in total.